The summed E-state index contributed by atoms with van der Waals surface area (Å²) in [4.78, 5) is 10.2. The molecule has 3 aromatic rings. The highest BCUT2D eigenvalue weighted by molar-refractivity contribution is 7.89. The van der Waals surface area contributed by atoms with Crippen LogP contribution in [0.3, 0.4) is 0 Å². The van der Waals surface area contributed by atoms with Crippen LogP contribution in [0.25, 0.3) is 0 Å². The Hall–Kier alpha value is -3.29. The van der Waals surface area contributed by atoms with Gasteiger partial charge in [0.05, 0.1) is 24.5 Å². The third-order valence-electron chi connectivity index (χ3n) is 7.61. The third kappa shape index (κ3) is 5.37. The Morgan fingerprint density at radius 3 is 2.62 bits per heavy atom. The minimum atomic E-state index is -3.71. The molecule has 1 saturated carbocycles. The van der Waals surface area contributed by atoms with Gasteiger partial charge in [0, 0.05) is 37.7 Å². The molecule has 1 saturated heterocycles. The van der Waals surface area contributed by atoms with Crippen LogP contribution in [0.4, 0.5) is 29.0 Å². The fourth-order valence-corrected chi connectivity index (χ4v) is 6.71. The van der Waals surface area contributed by atoms with Crippen LogP contribution in [0.1, 0.15) is 37.7 Å². The number of methoxy groups -OCH3 is 1. The summed E-state index contributed by atoms with van der Waals surface area (Å²) in [5.41, 5.74) is 2.29. The molecule has 0 amide bonds. The number of morpholine rings is 1. The molecule has 2 atom stereocenters. The van der Waals surface area contributed by atoms with Gasteiger partial charge in [-0.15, -0.1) is 0 Å². The van der Waals surface area contributed by atoms with Crippen molar-refractivity contribution in [3.63, 3.8) is 0 Å². The van der Waals surface area contributed by atoms with E-state index in [9.17, 15) is 8.42 Å². The Kier molecular flexibility index (Phi) is 7.60. The van der Waals surface area contributed by atoms with Gasteiger partial charge in [-0.1, -0.05) is 43.7 Å². The Morgan fingerprint density at radius 1 is 1.10 bits per heavy atom. The number of ether oxygens (including phenoxy) is 2. The predicted octanol–water partition coefficient (Wildman–Crippen LogP) is 3.94. The maximum Gasteiger partial charge on any atom is 0.249 e. The van der Waals surface area contributed by atoms with Crippen molar-refractivity contribution in [2.45, 2.75) is 49.3 Å². The minimum absolute atomic E-state index is 0.0129. The average molecular weight is 566 g/mol. The van der Waals surface area contributed by atoms with Crippen molar-refractivity contribution in [1.29, 1.82) is 0 Å². The molecule has 2 aromatic carbocycles. The van der Waals surface area contributed by atoms with Crippen LogP contribution >= 0.6 is 0 Å². The monoisotopic (exact) mass is 565 g/mol. The van der Waals surface area contributed by atoms with Crippen molar-refractivity contribution in [3.8, 4) is 0 Å². The van der Waals surface area contributed by atoms with Gasteiger partial charge in [-0.3, -0.25) is 0 Å². The standard InChI is InChI=1S/C28H35N7O4S/c1-19-17-29-26-25(19)27(30-22-13-6-7-14-23(22)40(36,37)33-20-9-8-10-20)32-28(31-26)35(21-11-4-3-5-12-21)34-15-16-39-24(18-34)38-2/h3-7,11-14,19-20,24,33H,8-10,15-18H2,1-2H3,(H2,29,30,31,32). The largest absolute Gasteiger partial charge is 0.369 e. The van der Waals surface area contributed by atoms with Crippen molar-refractivity contribution in [2.24, 2.45) is 0 Å². The Bertz CT molecular complexity index is 1450. The van der Waals surface area contributed by atoms with Gasteiger partial charge in [-0.05, 0) is 37.1 Å². The number of benzene rings is 2. The summed E-state index contributed by atoms with van der Waals surface area (Å²) < 4.78 is 40.8. The first kappa shape index (κ1) is 26.9. The van der Waals surface area contributed by atoms with Crippen LogP contribution in [-0.4, -0.2) is 69.1 Å². The van der Waals surface area contributed by atoms with Gasteiger partial charge in [0.2, 0.25) is 16.0 Å². The molecule has 40 heavy (non-hydrogen) atoms. The lowest BCUT2D eigenvalue weighted by atomic mass is 9.94. The maximum atomic E-state index is 13.3. The number of hydrogen-bond acceptors (Lipinski definition) is 10. The molecule has 1 aromatic heterocycles. The molecule has 11 nitrogen and oxygen atoms in total. The number of para-hydroxylation sites is 2. The van der Waals surface area contributed by atoms with E-state index in [4.69, 9.17) is 19.4 Å². The first-order chi connectivity index (χ1) is 19.4. The van der Waals surface area contributed by atoms with Crippen LogP contribution in [0.5, 0.6) is 0 Å². The third-order valence-corrected chi connectivity index (χ3v) is 9.19. The topological polar surface area (TPSA) is 121 Å². The van der Waals surface area contributed by atoms with Crippen LogP contribution < -0.4 is 20.4 Å². The second kappa shape index (κ2) is 11.3. The average Bonchev–Trinajstić information content (AvgIpc) is 3.32. The maximum absolute atomic E-state index is 13.3. The van der Waals surface area contributed by atoms with Gasteiger partial charge < -0.3 is 20.1 Å². The normalized spacial score (nSPS) is 21.4. The van der Waals surface area contributed by atoms with E-state index in [0.29, 0.717) is 43.7 Å². The number of fused-ring (bicyclic) bond motifs is 1. The zero-order valence-corrected chi connectivity index (χ0v) is 23.5. The molecule has 2 aliphatic heterocycles. The van der Waals surface area contributed by atoms with E-state index in [1.807, 2.05) is 41.4 Å². The molecule has 212 valence electrons. The number of anilines is 5. The molecule has 3 aliphatic rings. The summed E-state index contributed by atoms with van der Waals surface area (Å²) in [6, 6.07) is 16.9. The van der Waals surface area contributed by atoms with Gasteiger partial charge in [0.25, 0.3) is 0 Å². The summed E-state index contributed by atoms with van der Waals surface area (Å²) in [7, 11) is -2.08. The molecule has 0 bridgehead atoms. The van der Waals surface area contributed by atoms with Gasteiger partial charge in [-0.25, -0.2) is 23.2 Å². The van der Waals surface area contributed by atoms with Gasteiger partial charge in [0.1, 0.15) is 16.5 Å². The zero-order valence-electron chi connectivity index (χ0n) is 22.7. The van der Waals surface area contributed by atoms with E-state index < -0.39 is 10.0 Å². The lowest BCUT2D eigenvalue weighted by molar-refractivity contribution is -0.164. The van der Waals surface area contributed by atoms with E-state index in [1.54, 1.807) is 25.3 Å². The summed E-state index contributed by atoms with van der Waals surface area (Å²) in [5, 5.41) is 10.9. The van der Waals surface area contributed by atoms with E-state index >= 15 is 0 Å². The lowest BCUT2D eigenvalue weighted by Crippen LogP contribution is -2.51. The zero-order chi connectivity index (χ0) is 27.7. The molecule has 1 aliphatic carbocycles. The summed E-state index contributed by atoms with van der Waals surface area (Å²) in [6.07, 6.45) is 2.38. The fraction of sp³-hybridized carbons (Fsp3) is 0.429. The van der Waals surface area contributed by atoms with Crippen LogP contribution in [-0.2, 0) is 19.5 Å². The number of rotatable bonds is 9. The number of sulfonamides is 1. The van der Waals surface area contributed by atoms with E-state index in [2.05, 4.69) is 27.3 Å². The molecule has 2 unspecified atom stereocenters. The SMILES string of the molecule is COC1CN(N(c2ccccc2)c2nc3c(c(Nc4ccccc4S(=O)(=O)NC4CCC4)n2)C(C)CN3)CCO1. The number of nitrogens with zero attached hydrogens (tertiary/aromatic N) is 4. The first-order valence-electron chi connectivity index (χ1n) is 13.7. The predicted molar refractivity (Wildman–Crippen MR) is 154 cm³/mol. The van der Waals surface area contributed by atoms with Crippen molar-refractivity contribution in [2.75, 3.05) is 49.0 Å². The summed E-state index contributed by atoms with van der Waals surface area (Å²) in [6.45, 7) is 4.42. The number of aromatic nitrogens is 2. The summed E-state index contributed by atoms with van der Waals surface area (Å²) in [5.74, 6) is 1.89. The molecule has 3 heterocycles. The smallest absolute Gasteiger partial charge is 0.249 e. The molecular weight excluding hydrogens is 530 g/mol. The Balaban J connectivity index is 1.41. The van der Waals surface area contributed by atoms with Gasteiger partial charge >= 0.3 is 0 Å². The summed E-state index contributed by atoms with van der Waals surface area (Å²) >= 11 is 0. The molecule has 0 radical (unpaired) electrons. The van der Waals surface area contributed by atoms with Crippen LogP contribution in [0, 0.1) is 0 Å². The van der Waals surface area contributed by atoms with E-state index in [1.165, 1.54) is 0 Å². The first-order valence-corrected chi connectivity index (χ1v) is 15.2. The van der Waals surface area contributed by atoms with Crippen LogP contribution in [0.2, 0.25) is 0 Å². The number of nitrogens with one attached hydrogen (secondary N) is 3. The molecule has 0 spiro atoms. The minimum Gasteiger partial charge on any atom is -0.369 e. The highest BCUT2D eigenvalue weighted by atomic mass is 32.2. The number of hydrogen-bond donors (Lipinski definition) is 3. The van der Waals surface area contributed by atoms with E-state index in [0.717, 1.165) is 36.3 Å². The van der Waals surface area contributed by atoms with Crippen molar-refractivity contribution >= 4 is 39.0 Å². The fourth-order valence-electron chi connectivity index (χ4n) is 5.25. The highest BCUT2D eigenvalue weighted by Crippen LogP contribution is 2.40. The second-order valence-corrected chi connectivity index (χ2v) is 12.1. The molecule has 2 fully saturated rings. The second-order valence-electron chi connectivity index (χ2n) is 10.4. The Morgan fingerprint density at radius 2 is 1.88 bits per heavy atom. The Labute approximate surface area is 234 Å². The quantitative estimate of drug-likeness (QED) is 0.352. The lowest BCUT2D eigenvalue weighted by Gasteiger charge is -2.39. The molecule has 12 heteroatoms. The van der Waals surface area contributed by atoms with E-state index in [-0.39, 0.29) is 23.1 Å². The highest BCUT2D eigenvalue weighted by Gasteiger charge is 2.33. The van der Waals surface area contributed by atoms with Gasteiger partial charge in [-0.2, -0.15) is 9.97 Å². The van der Waals surface area contributed by atoms with Crippen molar-refractivity contribution in [1.82, 2.24) is 19.7 Å². The van der Waals surface area contributed by atoms with Crippen molar-refractivity contribution in [3.05, 3.63) is 60.2 Å². The van der Waals surface area contributed by atoms with Crippen LogP contribution in [0.15, 0.2) is 59.5 Å². The molecule has 6 rings (SSSR count). The molecular formula is C28H35N7O4S. The number of hydrazine groups is 1. The molecule has 3 N–H and O–H groups in total. The van der Waals surface area contributed by atoms with Crippen molar-refractivity contribution < 1.29 is 17.9 Å². The van der Waals surface area contributed by atoms with Gasteiger partial charge in [0.15, 0.2) is 6.29 Å².